The predicted molar refractivity (Wildman–Crippen MR) is 81.1 cm³/mol. The summed E-state index contributed by atoms with van der Waals surface area (Å²) in [5.74, 6) is 0.0470. The second kappa shape index (κ2) is 6.55. The van der Waals surface area contributed by atoms with E-state index in [1.807, 2.05) is 12.1 Å². The lowest BCUT2D eigenvalue weighted by molar-refractivity contribution is 0.0960. The summed E-state index contributed by atoms with van der Waals surface area (Å²) in [6.07, 6.45) is 9.52. The van der Waals surface area contributed by atoms with Crippen molar-refractivity contribution in [3.63, 3.8) is 0 Å². The van der Waals surface area contributed by atoms with Gasteiger partial charge in [-0.1, -0.05) is 11.6 Å². The molecule has 3 nitrogen and oxygen atoms in total. The van der Waals surface area contributed by atoms with Crippen LogP contribution in [0.1, 0.15) is 59.2 Å². The third kappa shape index (κ3) is 3.30. The van der Waals surface area contributed by atoms with Crippen molar-refractivity contribution < 1.29 is 9.53 Å². The molecule has 0 saturated carbocycles. The van der Waals surface area contributed by atoms with Crippen LogP contribution in [0.3, 0.4) is 0 Å². The quantitative estimate of drug-likeness (QED) is 0.856. The van der Waals surface area contributed by atoms with Gasteiger partial charge >= 0.3 is 0 Å². The molecule has 20 heavy (non-hydrogen) atoms. The Morgan fingerprint density at radius 1 is 1.35 bits per heavy atom. The zero-order valence-corrected chi connectivity index (χ0v) is 12.5. The van der Waals surface area contributed by atoms with E-state index in [0.29, 0.717) is 6.54 Å². The number of nitrogens with one attached hydrogen (secondary N) is 1. The molecule has 1 aromatic heterocycles. The van der Waals surface area contributed by atoms with Crippen LogP contribution in [0.5, 0.6) is 0 Å². The number of allylic oxidation sites excluding steroid dienone is 1. The van der Waals surface area contributed by atoms with E-state index < -0.39 is 0 Å². The first-order valence-electron chi connectivity index (χ1n) is 7.50. The lowest BCUT2D eigenvalue weighted by Crippen LogP contribution is -2.25. The van der Waals surface area contributed by atoms with Gasteiger partial charge in [-0.25, -0.2) is 0 Å². The van der Waals surface area contributed by atoms with E-state index in [9.17, 15) is 4.79 Å². The van der Waals surface area contributed by atoms with Crippen LogP contribution in [-0.4, -0.2) is 19.1 Å². The molecular weight excluding hydrogens is 270 g/mol. The van der Waals surface area contributed by atoms with Gasteiger partial charge in [-0.15, -0.1) is 11.3 Å². The predicted octanol–water partition coefficient (Wildman–Crippen LogP) is 3.83. The minimum absolute atomic E-state index is 0.0470. The van der Waals surface area contributed by atoms with E-state index in [1.165, 1.54) is 23.3 Å². The Balaban J connectivity index is 1.55. The molecule has 2 aliphatic rings. The van der Waals surface area contributed by atoms with Gasteiger partial charge in [-0.3, -0.25) is 4.79 Å². The smallest absolute Gasteiger partial charge is 0.261 e. The van der Waals surface area contributed by atoms with Gasteiger partial charge in [-0.2, -0.15) is 0 Å². The fourth-order valence-electron chi connectivity index (χ4n) is 2.80. The van der Waals surface area contributed by atoms with E-state index in [2.05, 4.69) is 11.4 Å². The van der Waals surface area contributed by atoms with Gasteiger partial charge < -0.3 is 10.1 Å². The second-order valence-corrected chi connectivity index (χ2v) is 6.61. The van der Waals surface area contributed by atoms with Gasteiger partial charge in [0, 0.05) is 18.0 Å². The van der Waals surface area contributed by atoms with Crippen LogP contribution >= 0.6 is 11.3 Å². The fraction of sp³-hybridized carbons (Fsp3) is 0.562. The molecule has 1 amide bonds. The summed E-state index contributed by atoms with van der Waals surface area (Å²) in [4.78, 5) is 14.1. The van der Waals surface area contributed by atoms with E-state index in [0.717, 1.165) is 37.2 Å². The molecule has 1 aromatic rings. The van der Waals surface area contributed by atoms with Crippen molar-refractivity contribution in [1.82, 2.24) is 5.32 Å². The average Bonchev–Trinajstić information content (AvgIpc) is 3.16. The number of thiophene rings is 1. The summed E-state index contributed by atoms with van der Waals surface area (Å²) < 4.78 is 5.66. The van der Waals surface area contributed by atoms with Crippen LogP contribution < -0.4 is 5.32 Å². The Morgan fingerprint density at radius 2 is 2.30 bits per heavy atom. The molecule has 108 valence electrons. The molecule has 4 heteroatoms. The largest absolute Gasteiger partial charge is 0.373 e. The highest BCUT2D eigenvalue weighted by atomic mass is 32.1. The van der Waals surface area contributed by atoms with Crippen molar-refractivity contribution >= 4 is 17.2 Å². The third-order valence-electron chi connectivity index (χ3n) is 3.96. The third-order valence-corrected chi connectivity index (χ3v) is 5.13. The average molecular weight is 291 g/mol. The molecule has 0 aromatic carbocycles. The molecule has 1 fully saturated rings. The molecule has 1 saturated heterocycles. The van der Waals surface area contributed by atoms with E-state index in [1.54, 1.807) is 11.3 Å². The molecule has 1 aliphatic heterocycles. The Kier molecular flexibility index (Phi) is 4.53. The summed E-state index contributed by atoms with van der Waals surface area (Å²) >= 11 is 1.57. The Morgan fingerprint density at radius 3 is 3.05 bits per heavy atom. The molecule has 1 aliphatic carbocycles. The number of hydrogen-bond acceptors (Lipinski definition) is 3. The summed E-state index contributed by atoms with van der Waals surface area (Å²) in [6.45, 7) is 1.55. The Labute approximate surface area is 124 Å². The zero-order chi connectivity index (χ0) is 13.8. The summed E-state index contributed by atoms with van der Waals surface area (Å²) in [6, 6.07) is 3.96. The lowest BCUT2D eigenvalue weighted by Gasteiger charge is -2.12. The van der Waals surface area contributed by atoms with Gasteiger partial charge in [0.05, 0.1) is 11.0 Å². The first-order valence-corrected chi connectivity index (χ1v) is 8.32. The highest BCUT2D eigenvalue weighted by Crippen LogP contribution is 2.33. The van der Waals surface area contributed by atoms with Crippen molar-refractivity contribution in [2.24, 2.45) is 0 Å². The fourth-order valence-corrected chi connectivity index (χ4v) is 3.80. The molecular formula is C16H21NO2S. The van der Waals surface area contributed by atoms with Crippen LogP contribution in [0.25, 0.3) is 0 Å². The van der Waals surface area contributed by atoms with E-state index in [-0.39, 0.29) is 12.0 Å². The molecule has 0 bridgehead atoms. The van der Waals surface area contributed by atoms with Crippen molar-refractivity contribution in [1.29, 1.82) is 0 Å². The standard InChI is InChI=1S/C16H21NO2S/c18-16(17-11-12-5-2-1-3-6-12)15-9-8-14(20-15)13-7-4-10-19-13/h5,8-9,13H,1-4,6-7,10-11H2,(H,17,18). The number of rotatable bonds is 4. The minimum atomic E-state index is 0.0470. The maximum atomic E-state index is 12.1. The molecule has 1 N–H and O–H groups in total. The van der Waals surface area contributed by atoms with E-state index in [4.69, 9.17) is 4.74 Å². The zero-order valence-electron chi connectivity index (χ0n) is 11.7. The monoisotopic (exact) mass is 291 g/mol. The number of amides is 1. The van der Waals surface area contributed by atoms with Crippen molar-refractivity contribution in [2.75, 3.05) is 13.2 Å². The Bertz CT molecular complexity index is 500. The molecule has 1 unspecified atom stereocenters. The highest BCUT2D eigenvalue weighted by Gasteiger charge is 2.20. The maximum absolute atomic E-state index is 12.1. The molecule has 0 spiro atoms. The number of hydrogen-bond donors (Lipinski definition) is 1. The molecule has 2 heterocycles. The van der Waals surface area contributed by atoms with Gasteiger partial charge in [0.1, 0.15) is 0 Å². The SMILES string of the molecule is O=C(NCC1=CCCCC1)c1ccc(C2CCCO2)s1. The van der Waals surface area contributed by atoms with Crippen molar-refractivity contribution in [3.05, 3.63) is 33.5 Å². The van der Waals surface area contributed by atoms with Crippen LogP contribution in [-0.2, 0) is 4.74 Å². The van der Waals surface area contributed by atoms with Crippen LogP contribution in [0.4, 0.5) is 0 Å². The first kappa shape index (κ1) is 13.8. The molecule has 0 radical (unpaired) electrons. The minimum Gasteiger partial charge on any atom is -0.373 e. The number of carbonyl (C=O) groups excluding carboxylic acids is 1. The summed E-state index contributed by atoms with van der Waals surface area (Å²) in [5.41, 5.74) is 1.38. The van der Waals surface area contributed by atoms with Crippen molar-refractivity contribution in [2.45, 2.75) is 44.6 Å². The second-order valence-electron chi connectivity index (χ2n) is 5.49. The highest BCUT2D eigenvalue weighted by molar-refractivity contribution is 7.14. The van der Waals surface area contributed by atoms with Gasteiger partial charge in [0.15, 0.2) is 0 Å². The first-order chi connectivity index (χ1) is 9.83. The van der Waals surface area contributed by atoms with Crippen LogP contribution in [0.15, 0.2) is 23.8 Å². The molecule has 1 atom stereocenters. The maximum Gasteiger partial charge on any atom is 0.261 e. The van der Waals surface area contributed by atoms with E-state index >= 15 is 0 Å². The summed E-state index contributed by atoms with van der Waals surface area (Å²) in [5, 5.41) is 3.03. The number of ether oxygens (including phenoxy) is 1. The van der Waals surface area contributed by atoms with Gasteiger partial charge in [0.25, 0.3) is 5.91 Å². The summed E-state index contributed by atoms with van der Waals surface area (Å²) in [7, 11) is 0. The Hall–Kier alpha value is -1.13. The van der Waals surface area contributed by atoms with Gasteiger partial charge in [0.2, 0.25) is 0 Å². The van der Waals surface area contributed by atoms with Gasteiger partial charge in [-0.05, 0) is 50.7 Å². The number of carbonyl (C=O) groups is 1. The van der Waals surface area contributed by atoms with Crippen LogP contribution in [0.2, 0.25) is 0 Å². The van der Waals surface area contributed by atoms with Crippen LogP contribution in [0, 0.1) is 0 Å². The molecule has 3 rings (SSSR count). The normalized spacial score (nSPS) is 22.6. The topological polar surface area (TPSA) is 38.3 Å². The lowest BCUT2D eigenvalue weighted by atomic mass is 10.00. The van der Waals surface area contributed by atoms with Crippen molar-refractivity contribution in [3.8, 4) is 0 Å².